The zero-order chi connectivity index (χ0) is 11.3. The number of thioether (sulfide) groups is 1. The van der Waals surface area contributed by atoms with Crippen molar-refractivity contribution in [2.45, 2.75) is 30.9 Å². The van der Waals surface area contributed by atoms with Crippen molar-refractivity contribution < 1.29 is 18.3 Å². The predicted molar refractivity (Wildman–Crippen MR) is 54.7 cm³/mol. The normalized spacial score (nSPS) is 27.2. The molecule has 2 atom stereocenters. The number of rotatable bonds is 5. The highest BCUT2D eigenvalue weighted by atomic mass is 32.2. The molecule has 0 spiro atoms. The summed E-state index contributed by atoms with van der Waals surface area (Å²) in [6.07, 6.45) is 2.37. The molecule has 1 fully saturated rings. The van der Waals surface area contributed by atoms with Crippen LogP contribution >= 0.6 is 11.8 Å². The average molecular weight is 243 g/mol. The molecule has 0 amide bonds. The Balaban J connectivity index is 1.93. The van der Waals surface area contributed by atoms with E-state index < -0.39 is 5.51 Å². The topological polar surface area (TPSA) is 32.3 Å². The molecule has 0 aromatic heterocycles. The molecule has 90 valence electrons. The van der Waals surface area contributed by atoms with Crippen molar-refractivity contribution in [2.24, 2.45) is 5.92 Å². The van der Waals surface area contributed by atoms with E-state index in [0.717, 1.165) is 25.8 Å². The summed E-state index contributed by atoms with van der Waals surface area (Å²) >= 11 is 0.00472. The Morgan fingerprint density at radius 1 is 1.33 bits per heavy atom. The Morgan fingerprint density at radius 3 is 2.60 bits per heavy atom. The lowest BCUT2D eigenvalue weighted by atomic mass is 10.1. The van der Waals surface area contributed by atoms with Gasteiger partial charge in [0, 0.05) is 12.3 Å². The molecular weight excluding hydrogens is 227 g/mol. The van der Waals surface area contributed by atoms with Crippen LogP contribution in [0, 0.1) is 5.92 Å². The monoisotopic (exact) mass is 243 g/mol. The molecule has 15 heavy (non-hydrogen) atoms. The van der Waals surface area contributed by atoms with Gasteiger partial charge in [0.15, 0.2) is 0 Å². The first kappa shape index (κ1) is 13.1. The van der Waals surface area contributed by atoms with E-state index in [-0.39, 0.29) is 23.6 Å². The molecule has 2 N–H and O–H groups in total. The van der Waals surface area contributed by atoms with Gasteiger partial charge in [0.25, 0.3) is 0 Å². The SMILES string of the molecule is OC1CCC(CNCCSC(F)(F)F)C1. The summed E-state index contributed by atoms with van der Waals surface area (Å²) in [5, 5.41) is 12.2. The van der Waals surface area contributed by atoms with Gasteiger partial charge in [-0.25, -0.2) is 0 Å². The van der Waals surface area contributed by atoms with Crippen LogP contribution in [0.2, 0.25) is 0 Å². The summed E-state index contributed by atoms with van der Waals surface area (Å²) < 4.78 is 35.2. The maximum absolute atomic E-state index is 11.7. The molecule has 2 unspecified atom stereocenters. The van der Waals surface area contributed by atoms with E-state index in [0.29, 0.717) is 12.5 Å². The van der Waals surface area contributed by atoms with Crippen LogP contribution in [0.5, 0.6) is 0 Å². The van der Waals surface area contributed by atoms with E-state index in [9.17, 15) is 18.3 Å². The van der Waals surface area contributed by atoms with E-state index >= 15 is 0 Å². The minimum absolute atomic E-state index is 0.00472. The largest absolute Gasteiger partial charge is 0.441 e. The molecule has 1 rings (SSSR count). The fourth-order valence-electron chi connectivity index (χ4n) is 1.78. The Labute approximate surface area is 91.6 Å². The summed E-state index contributed by atoms with van der Waals surface area (Å²) in [4.78, 5) is 0. The van der Waals surface area contributed by atoms with E-state index in [2.05, 4.69) is 5.32 Å². The van der Waals surface area contributed by atoms with E-state index in [1.54, 1.807) is 0 Å². The highest BCUT2D eigenvalue weighted by molar-refractivity contribution is 8.00. The summed E-state index contributed by atoms with van der Waals surface area (Å²) in [5.74, 6) is 0.481. The first-order chi connectivity index (χ1) is 6.97. The predicted octanol–water partition coefficient (Wildman–Crippen LogP) is 1.99. The van der Waals surface area contributed by atoms with E-state index in [4.69, 9.17) is 0 Å². The van der Waals surface area contributed by atoms with Gasteiger partial charge in [-0.1, -0.05) is 0 Å². The molecule has 1 aliphatic carbocycles. The van der Waals surface area contributed by atoms with Gasteiger partial charge in [-0.3, -0.25) is 0 Å². The third-order valence-corrected chi connectivity index (χ3v) is 3.23. The molecule has 1 saturated carbocycles. The zero-order valence-electron chi connectivity index (χ0n) is 8.39. The van der Waals surface area contributed by atoms with Crippen molar-refractivity contribution in [3.8, 4) is 0 Å². The van der Waals surface area contributed by atoms with Crippen molar-refractivity contribution in [3.63, 3.8) is 0 Å². The number of hydrogen-bond acceptors (Lipinski definition) is 3. The molecule has 0 heterocycles. The maximum atomic E-state index is 11.7. The van der Waals surface area contributed by atoms with Gasteiger partial charge in [0.05, 0.1) is 6.10 Å². The number of halogens is 3. The Bertz CT molecular complexity index is 189. The van der Waals surface area contributed by atoms with Crippen LogP contribution < -0.4 is 5.32 Å². The minimum atomic E-state index is -4.12. The lowest BCUT2D eigenvalue weighted by Gasteiger charge is -2.11. The van der Waals surface area contributed by atoms with Gasteiger partial charge in [0.2, 0.25) is 0 Å². The molecule has 0 radical (unpaired) electrons. The number of aliphatic hydroxyl groups is 1. The van der Waals surface area contributed by atoms with Gasteiger partial charge in [0.1, 0.15) is 0 Å². The molecule has 0 bridgehead atoms. The summed E-state index contributed by atoms with van der Waals surface area (Å²) in [7, 11) is 0. The maximum Gasteiger partial charge on any atom is 0.441 e. The first-order valence-corrected chi connectivity index (χ1v) is 6.05. The lowest BCUT2D eigenvalue weighted by Crippen LogP contribution is -2.24. The molecule has 0 aromatic rings. The molecule has 0 saturated heterocycles. The minimum Gasteiger partial charge on any atom is -0.393 e. The second kappa shape index (κ2) is 5.96. The van der Waals surface area contributed by atoms with Gasteiger partial charge < -0.3 is 10.4 Å². The Morgan fingerprint density at radius 2 is 2.07 bits per heavy atom. The lowest BCUT2D eigenvalue weighted by molar-refractivity contribution is -0.0327. The Kier molecular flexibility index (Phi) is 5.22. The fourth-order valence-corrected chi connectivity index (χ4v) is 2.26. The molecular formula is C9H16F3NOS. The summed E-state index contributed by atoms with van der Waals surface area (Å²) in [6.45, 7) is 1.09. The van der Waals surface area contributed by atoms with Gasteiger partial charge in [-0.15, -0.1) is 0 Å². The quantitative estimate of drug-likeness (QED) is 0.724. The highest BCUT2D eigenvalue weighted by Gasteiger charge is 2.27. The average Bonchev–Trinajstić information content (AvgIpc) is 2.49. The second-order valence-electron chi connectivity index (χ2n) is 3.83. The standard InChI is InChI=1S/C9H16F3NOS/c10-9(11,12)15-4-3-13-6-7-1-2-8(14)5-7/h7-8,13-14H,1-6H2. The van der Waals surface area contributed by atoms with E-state index in [1.807, 2.05) is 0 Å². The Hall–Kier alpha value is 0.0600. The number of alkyl halides is 3. The van der Waals surface area contributed by atoms with Crippen LogP contribution in [0.1, 0.15) is 19.3 Å². The van der Waals surface area contributed by atoms with Crippen molar-refractivity contribution in [3.05, 3.63) is 0 Å². The third kappa shape index (κ3) is 6.27. The fraction of sp³-hybridized carbons (Fsp3) is 1.00. The van der Waals surface area contributed by atoms with Crippen LogP contribution in [0.4, 0.5) is 13.2 Å². The molecule has 2 nitrogen and oxygen atoms in total. The summed E-state index contributed by atoms with van der Waals surface area (Å²) in [5.41, 5.74) is -4.12. The van der Waals surface area contributed by atoms with Crippen LogP contribution in [0.3, 0.4) is 0 Å². The highest BCUT2D eigenvalue weighted by Crippen LogP contribution is 2.29. The number of nitrogens with one attached hydrogen (secondary N) is 1. The van der Waals surface area contributed by atoms with Gasteiger partial charge >= 0.3 is 5.51 Å². The van der Waals surface area contributed by atoms with Gasteiger partial charge in [-0.05, 0) is 43.5 Å². The van der Waals surface area contributed by atoms with Crippen molar-refractivity contribution in [1.82, 2.24) is 5.32 Å². The van der Waals surface area contributed by atoms with E-state index in [1.165, 1.54) is 0 Å². The smallest absolute Gasteiger partial charge is 0.393 e. The molecule has 1 aliphatic rings. The third-order valence-electron chi connectivity index (χ3n) is 2.49. The molecule has 6 heteroatoms. The van der Waals surface area contributed by atoms with Crippen molar-refractivity contribution in [2.75, 3.05) is 18.8 Å². The zero-order valence-corrected chi connectivity index (χ0v) is 9.20. The number of aliphatic hydroxyl groups excluding tert-OH is 1. The van der Waals surface area contributed by atoms with Crippen LogP contribution in [0.15, 0.2) is 0 Å². The van der Waals surface area contributed by atoms with Crippen molar-refractivity contribution in [1.29, 1.82) is 0 Å². The van der Waals surface area contributed by atoms with Crippen LogP contribution in [-0.2, 0) is 0 Å². The van der Waals surface area contributed by atoms with Crippen molar-refractivity contribution >= 4 is 11.8 Å². The first-order valence-electron chi connectivity index (χ1n) is 5.07. The molecule has 0 aliphatic heterocycles. The second-order valence-corrected chi connectivity index (χ2v) is 4.99. The molecule has 0 aromatic carbocycles. The number of hydrogen-bond donors (Lipinski definition) is 2. The van der Waals surface area contributed by atoms with Gasteiger partial charge in [-0.2, -0.15) is 13.2 Å². The van der Waals surface area contributed by atoms with Crippen LogP contribution in [0.25, 0.3) is 0 Å². The van der Waals surface area contributed by atoms with Crippen LogP contribution in [-0.4, -0.2) is 35.6 Å². The summed E-state index contributed by atoms with van der Waals surface area (Å²) in [6, 6.07) is 0.